The molecule has 13 heavy (non-hydrogen) atoms. The molecular formula is C4H7F4O4P. The number of hydrogen-bond donors (Lipinski definition) is 3. The van der Waals surface area contributed by atoms with E-state index in [4.69, 9.17) is 19.2 Å². The van der Waals surface area contributed by atoms with Crippen LogP contribution in [0.5, 0.6) is 0 Å². The fourth-order valence-corrected chi connectivity index (χ4v) is 0.164. The summed E-state index contributed by atoms with van der Waals surface area (Å²) in [5.74, 6) is -2.04. The number of hydrogen-bond acceptors (Lipinski definition) is 1. The van der Waals surface area contributed by atoms with E-state index in [2.05, 4.69) is 0 Å². The molecule has 3 N–H and O–H groups in total. The molecule has 0 unspecified atom stereocenters. The van der Waals surface area contributed by atoms with Crippen LogP contribution >= 0.6 is 7.82 Å². The fourth-order valence-electron chi connectivity index (χ4n) is 0.164. The van der Waals surface area contributed by atoms with Gasteiger partial charge in [0.05, 0.1) is 0 Å². The molecule has 0 rings (SSSR count). The van der Waals surface area contributed by atoms with E-state index in [0.29, 0.717) is 6.08 Å². The molecule has 0 heterocycles. The SMILES string of the molecule is CC=C(F)C(F)(F)F.O=P(O)(O)O. The highest BCUT2D eigenvalue weighted by molar-refractivity contribution is 7.45. The van der Waals surface area contributed by atoms with E-state index in [1.54, 1.807) is 0 Å². The molecule has 0 aliphatic carbocycles. The van der Waals surface area contributed by atoms with Gasteiger partial charge in [0.2, 0.25) is 0 Å². The maximum absolute atomic E-state index is 11.4. The van der Waals surface area contributed by atoms with Gasteiger partial charge in [-0.15, -0.1) is 0 Å². The zero-order valence-electron chi connectivity index (χ0n) is 6.29. The van der Waals surface area contributed by atoms with Crippen molar-refractivity contribution >= 4 is 7.82 Å². The van der Waals surface area contributed by atoms with Gasteiger partial charge in [-0.3, -0.25) is 0 Å². The van der Waals surface area contributed by atoms with Gasteiger partial charge in [0.1, 0.15) is 0 Å². The molecule has 0 radical (unpaired) electrons. The van der Waals surface area contributed by atoms with Gasteiger partial charge < -0.3 is 14.7 Å². The second kappa shape index (κ2) is 5.33. The van der Waals surface area contributed by atoms with Crippen molar-refractivity contribution in [2.45, 2.75) is 13.1 Å². The van der Waals surface area contributed by atoms with Crippen LogP contribution in [0.25, 0.3) is 0 Å². The molecule has 0 bridgehead atoms. The third-order valence-electron chi connectivity index (χ3n) is 0.524. The molecule has 0 spiro atoms. The van der Waals surface area contributed by atoms with Crippen LogP contribution in [-0.4, -0.2) is 20.9 Å². The molecule has 0 aromatic heterocycles. The average Bonchev–Trinajstić information content (AvgIpc) is 1.80. The Kier molecular flexibility index (Phi) is 6.18. The topological polar surface area (TPSA) is 77.8 Å². The Labute approximate surface area is 70.7 Å². The molecule has 80 valence electrons. The predicted molar refractivity (Wildman–Crippen MR) is 35.2 cm³/mol. The Balaban J connectivity index is 0. The van der Waals surface area contributed by atoms with Crippen molar-refractivity contribution in [1.29, 1.82) is 0 Å². The average molecular weight is 226 g/mol. The van der Waals surface area contributed by atoms with Crippen LogP contribution in [0.4, 0.5) is 17.6 Å². The molecule has 0 amide bonds. The van der Waals surface area contributed by atoms with Crippen LogP contribution < -0.4 is 0 Å². The van der Waals surface area contributed by atoms with Crippen LogP contribution in [0.3, 0.4) is 0 Å². The summed E-state index contributed by atoms with van der Waals surface area (Å²) < 4.78 is 53.3. The molecule has 0 saturated carbocycles. The summed E-state index contributed by atoms with van der Waals surface area (Å²) in [6.07, 6.45) is -4.42. The van der Waals surface area contributed by atoms with Gasteiger partial charge in [-0.2, -0.15) is 13.2 Å². The lowest BCUT2D eigenvalue weighted by atomic mass is 10.5. The third-order valence-corrected chi connectivity index (χ3v) is 0.524. The second-order valence-corrected chi connectivity index (χ2v) is 2.67. The number of allylic oxidation sites excluding steroid dienone is 2. The number of halogens is 4. The molecular weight excluding hydrogens is 219 g/mol. The Bertz CT molecular complexity index is 208. The minimum atomic E-state index is -4.80. The summed E-state index contributed by atoms with van der Waals surface area (Å²) >= 11 is 0. The van der Waals surface area contributed by atoms with Gasteiger partial charge in [-0.25, -0.2) is 8.96 Å². The van der Waals surface area contributed by atoms with Crippen molar-refractivity contribution in [3.05, 3.63) is 11.9 Å². The molecule has 4 nitrogen and oxygen atoms in total. The predicted octanol–water partition coefficient (Wildman–Crippen LogP) is 1.49. The van der Waals surface area contributed by atoms with E-state index in [-0.39, 0.29) is 0 Å². The first-order valence-electron chi connectivity index (χ1n) is 2.65. The van der Waals surface area contributed by atoms with E-state index in [1.807, 2.05) is 0 Å². The zero-order valence-corrected chi connectivity index (χ0v) is 7.18. The minimum Gasteiger partial charge on any atom is -0.303 e. The lowest BCUT2D eigenvalue weighted by molar-refractivity contribution is -0.108. The van der Waals surface area contributed by atoms with Gasteiger partial charge in [0, 0.05) is 0 Å². The first-order valence-corrected chi connectivity index (χ1v) is 4.22. The van der Waals surface area contributed by atoms with Crippen molar-refractivity contribution in [2.75, 3.05) is 0 Å². The smallest absolute Gasteiger partial charge is 0.303 e. The number of phosphoric acid groups is 1. The zero-order chi connectivity index (χ0) is 11.3. The Morgan fingerprint density at radius 1 is 1.31 bits per heavy atom. The van der Waals surface area contributed by atoms with Crippen LogP contribution in [0, 0.1) is 0 Å². The molecule has 0 aliphatic heterocycles. The standard InChI is InChI=1S/C4H4F4.H3O4P/c1-2-3(5)4(6,7)8;1-5(2,3)4/h2H,1H3;(H3,1,2,3,4). The minimum absolute atomic E-state index is 0.375. The van der Waals surface area contributed by atoms with Crippen LogP contribution in [-0.2, 0) is 4.57 Å². The van der Waals surface area contributed by atoms with Crippen molar-refractivity contribution < 1.29 is 36.8 Å². The van der Waals surface area contributed by atoms with Gasteiger partial charge in [0.15, 0.2) is 5.83 Å². The normalized spacial score (nSPS) is 13.4. The summed E-state index contributed by atoms with van der Waals surface area (Å²) in [4.78, 5) is 21.6. The Hall–Kier alpha value is -0.430. The lowest BCUT2D eigenvalue weighted by Crippen LogP contribution is -2.06. The lowest BCUT2D eigenvalue weighted by Gasteiger charge is -1.99. The number of alkyl halides is 3. The second-order valence-electron chi connectivity index (χ2n) is 1.65. The van der Waals surface area contributed by atoms with E-state index in [1.165, 1.54) is 0 Å². The van der Waals surface area contributed by atoms with Gasteiger partial charge >= 0.3 is 14.0 Å². The largest absolute Gasteiger partial charge is 0.466 e. The van der Waals surface area contributed by atoms with Gasteiger partial charge in [-0.1, -0.05) is 0 Å². The van der Waals surface area contributed by atoms with Gasteiger partial charge in [0.25, 0.3) is 0 Å². The summed E-state index contributed by atoms with van der Waals surface area (Å²) in [6.45, 7) is 0.989. The Morgan fingerprint density at radius 3 is 1.54 bits per heavy atom. The Morgan fingerprint density at radius 2 is 1.54 bits per heavy atom. The summed E-state index contributed by atoms with van der Waals surface area (Å²) in [6, 6.07) is 0. The van der Waals surface area contributed by atoms with E-state index < -0.39 is 19.8 Å². The molecule has 0 saturated heterocycles. The monoisotopic (exact) mass is 226 g/mol. The summed E-state index contributed by atoms with van der Waals surface area (Å²) in [7, 11) is -4.64. The van der Waals surface area contributed by atoms with Crippen molar-refractivity contribution in [3.63, 3.8) is 0 Å². The highest BCUT2D eigenvalue weighted by Gasteiger charge is 2.33. The van der Waals surface area contributed by atoms with Crippen LogP contribution in [0.2, 0.25) is 0 Å². The molecule has 0 aromatic rings. The van der Waals surface area contributed by atoms with E-state index >= 15 is 0 Å². The van der Waals surface area contributed by atoms with Crippen molar-refractivity contribution in [3.8, 4) is 0 Å². The molecule has 0 fully saturated rings. The van der Waals surface area contributed by atoms with Gasteiger partial charge in [-0.05, 0) is 13.0 Å². The summed E-state index contributed by atoms with van der Waals surface area (Å²) in [5.41, 5.74) is 0. The molecule has 0 aromatic carbocycles. The van der Waals surface area contributed by atoms with E-state index in [9.17, 15) is 17.6 Å². The summed E-state index contributed by atoms with van der Waals surface area (Å²) in [5, 5.41) is 0. The maximum atomic E-state index is 11.4. The van der Waals surface area contributed by atoms with Crippen LogP contribution in [0.1, 0.15) is 6.92 Å². The first kappa shape index (κ1) is 15.1. The maximum Gasteiger partial charge on any atom is 0.466 e. The number of rotatable bonds is 0. The molecule has 0 atom stereocenters. The van der Waals surface area contributed by atoms with Crippen molar-refractivity contribution in [1.82, 2.24) is 0 Å². The third kappa shape index (κ3) is 18.5. The quantitative estimate of drug-likeness (QED) is 0.432. The van der Waals surface area contributed by atoms with Crippen LogP contribution in [0.15, 0.2) is 11.9 Å². The van der Waals surface area contributed by atoms with E-state index in [0.717, 1.165) is 6.92 Å². The molecule has 0 aliphatic rings. The van der Waals surface area contributed by atoms with Crippen molar-refractivity contribution in [2.24, 2.45) is 0 Å². The highest BCUT2D eigenvalue weighted by atomic mass is 31.2. The highest BCUT2D eigenvalue weighted by Crippen LogP contribution is 2.26. The fraction of sp³-hybridized carbons (Fsp3) is 0.500. The molecule has 9 heteroatoms. The first-order chi connectivity index (χ1) is 5.48.